The molecule has 1 fully saturated rings. The van der Waals surface area contributed by atoms with Gasteiger partial charge in [0.15, 0.2) is 5.96 Å². The molecule has 0 saturated carbocycles. The Kier molecular flexibility index (Phi) is 10.0. The average Bonchev–Trinajstić information content (AvgIpc) is 2.61. The summed E-state index contributed by atoms with van der Waals surface area (Å²) in [6.07, 6.45) is 2.16. The third-order valence-corrected chi connectivity index (χ3v) is 4.26. The molecule has 2 N–H and O–H groups in total. The average molecular weight is 370 g/mol. The quantitative estimate of drug-likeness (QED) is 0.475. The predicted octanol–water partition coefficient (Wildman–Crippen LogP) is 0.293. The van der Waals surface area contributed by atoms with Crippen molar-refractivity contribution in [2.45, 2.75) is 39.2 Å². The van der Waals surface area contributed by atoms with Gasteiger partial charge in [-0.3, -0.25) is 9.59 Å². The fourth-order valence-corrected chi connectivity index (χ4v) is 2.56. The highest BCUT2D eigenvalue weighted by atomic mass is 16.5. The number of likely N-dealkylation sites (tertiary alicyclic amines) is 1. The first-order chi connectivity index (χ1) is 12.3. The number of nitrogens with one attached hydrogen (secondary N) is 2. The second-order valence-electron chi connectivity index (χ2n) is 7.27. The third-order valence-electron chi connectivity index (χ3n) is 4.26. The maximum Gasteiger partial charge on any atom is 0.243 e. The largest absolute Gasteiger partial charge is 0.384 e. The molecule has 0 aromatic carbocycles. The minimum Gasteiger partial charge on any atom is -0.384 e. The molecule has 1 aliphatic heterocycles. The molecule has 0 aromatic rings. The fraction of sp³-hybridized carbons (Fsp3) is 0.833. The molecular formula is C18H35N5O3. The van der Waals surface area contributed by atoms with Crippen molar-refractivity contribution in [3.05, 3.63) is 0 Å². The maximum atomic E-state index is 12.1. The number of carbonyl (C=O) groups excluding carboxylic acids is 2. The number of nitrogens with zero attached hydrogens (tertiary/aromatic N) is 3. The Balaban J connectivity index is 2.53. The summed E-state index contributed by atoms with van der Waals surface area (Å²) in [5.74, 6) is 1.26. The van der Waals surface area contributed by atoms with Crippen molar-refractivity contribution in [2.24, 2.45) is 10.9 Å². The second kappa shape index (κ2) is 11.7. The van der Waals surface area contributed by atoms with Crippen LogP contribution >= 0.6 is 0 Å². The van der Waals surface area contributed by atoms with E-state index in [4.69, 9.17) is 4.74 Å². The van der Waals surface area contributed by atoms with Gasteiger partial charge in [0.2, 0.25) is 11.8 Å². The van der Waals surface area contributed by atoms with Gasteiger partial charge in [0.1, 0.15) is 6.54 Å². The topological polar surface area (TPSA) is 86.3 Å². The van der Waals surface area contributed by atoms with E-state index in [1.54, 1.807) is 21.2 Å². The first-order valence-electron chi connectivity index (χ1n) is 9.35. The molecular weight excluding hydrogens is 334 g/mol. The molecule has 0 atom stereocenters. The Morgan fingerprint density at radius 1 is 1.27 bits per heavy atom. The number of ether oxygens (including phenoxy) is 1. The van der Waals surface area contributed by atoms with Crippen molar-refractivity contribution in [1.29, 1.82) is 0 Å². The van der Waals surface area contributed by atoms with Crippen molar-refractivity contribution < 1.29 is 14.3 Å². The van der Waals surface area contributed by atoms with Crippen LogP contribution in [0.5, 0.6) is 0 Å². The summed E-state index contributed by atoms with van der Waals surface area (Å²) in [6, 6.07) is 0.245. The minimum absolute atomic E-state index is 0.0331. The van der Waals surface area contributed by atoms with Gasteiger partial charge in [0.25, 0.3) is 0 Å². The summed E-state index contributed by atoms with van der Waals surface area (Å²) in [4.78, 5) is 31.7. The third kappa shape index (κ3) is 8.51. The lowest BCUT2D eigenvalue weighted by Gasteiger charge is -2.33. The normalized spacial score (nSPS) is 15.9. The van der Waals surface area contributed by atoms with Gasteiger partial charge >= 0.3 is 0 Å². The lowest BCUT2D eigenvalue weighted by molar-refractivity contribution is -0.133. The molecule has 26 heavy (non-hydrogen) atoms. The van der Waals surface area contributed by atoms with Crippen molar-refractivity contribution >= 4 is 17.8 Å². The van der Waals surface area contributed by atoms with Gasteiger partial charge in [0.05, 0.1) is 13.0 Å². The summed E-state index contributed by atoms with van der Waals surface area (Å²) in [6.45, 7) is 7.08. The molecule has 0 aromatic heterocycles. The summed E-state index contributed by atoms with van der Waals surface area (Å²) in [5.41, 5.74) is 0. The Labute approximate surface area is 157 Å². The summed E-state index contributed by atoms with van der Waals surface area (Å²) in [5, 5.41) is 6.71. The number of carbonyl (C=O) groups is 2. The number of piperidine rings is 1. The van der Waals surface area contributed by atoms with E-state index >= 15 is 0 Å². The van der Waals surface area contributed by atoms with E-state index in [1.807, 2.05) is 4.90 Å². The van der Waals surface area contributed by atoms with Crippen molar-refractivity contribution in [3.63, 3.8) is 0 Å². The number of amides is 2. The van der Waals surface area contributed by atoms with Gasteiger partial charge in [-0.25, -0.2) is 4.99 Å². The summed E-state index contributed by atoms with van der Waals surface area (Å²) >= 11 is 0. The predicted molar refractivity (Wildman–Crippen MR) is 103 cm³/mol. The van der Waals surface area contributed by atoms with Crippen LogP contribution in [-0.2, 0) is 14.3 Å². The molecule has 0 bridgehead atoms. The zero-order valence-electron chi connectivity index (χ0n) is 16.9. The smallest absolute Gasteiger partial charge is 0.243 e. The Hall–Kier alpha value is -1.83. The molecule has 150 valence electrons. The van der Waals surface area contributed by atoms with Crippen LogP contribution in [-0.4, -0.2) is 87.6 Å². The maximum absolute atomic E-state index is 12.1. The van der Waals surface area contributed by atoms with E-state index in [9.17, 15) is 9.59 Å². The lowest BCUT2D eigenvalue weighted by atomic mass is 10.0. The molecule has 0 aliphatic carbocycles. The summed E-state index contributed by atoms with van der Waals surface area (Å²) in [7, 11) is 5.06. The van der Waals surface area contributed by atoms with E-state index in [0.717, 1.165) is 32.5 Å². The van der Waals surface area contributed by atoms with Gasteiger partial charge in [-0.1, -0.05) is 13.8 Å². The summed E-state index contributed by atoms with van der Waals surface area (Å²) < 4.78 is 4.97. The number of likely N-dealkylation sites (N-methyl/N-ethyl adjacent to an activating group) is 1. The SMILES string of the molecule is COCCC(=O)N1CCC(NC(=NCC(=O)N(C)C)NCC(C)C)CC1. The monoisotopic (exact) mass is 369 g/mol. The van der Waals surface area contributed by atoms with E-state index in [-0.39, 0.29) is 24.4 Å². The van der Waals surface area contributed by atoms with E-state index in [1.165, 1.54) is 4.90 Å². The first-order valence-corrected chi connectivity index (χ1v) is 9.35. The Bertz CT molecular complexity index is 471. The number of aliphatic imine (C=N–C) groups is 1. The van der Waals surface area contributed by atoms with Crippen molar-refractivity contribution in [2.75, 3.05) is 54.0 Å². The van der Waals surface area contributed by atoms with Gasteiger partial charge in [-0.15, -0.1) is 0 Å². The number of hydrogen-bond acceptors (Lipinski definition) is 4. The Morgan fingerprint density at radius 3 is 2.46 bits per heavy atom. The molecule has 8 heteroatoms. The molecule has 0 spiro atoms. The number of guanidine groups is 1. The molecule has 1 heterocycles. The molecule has 2 amide bonds. The van der Waals surface area contributed by atoms with Gasteiger partial charge in [-0.05, 0) is 18.8 Å². The first kappa shape index (κ1) is 22.2. The van der Waals surface area contributed by atoms with E-state index in [2.05, 4.69) is 29.5 Å². The van der Waals surface area contributed by atoms with Crippen LogP contribution in [0.25, 0.3) is 0 Å². The fourth-order valence-electron chi connectivity index (χ4n) is 2.56. The number of hydrogen-bond donors (Lipinski definition) is 2. The second-order valence-corrected chi connectivity index (χ2v) is 7.27. The van der Waals surface area contributed by atoms with E-state index < -0.39 is 0 Å². The molecule has 1 rings (SSSR count). The molecule has 0 unspecified atom stereocenters. The molecule has 0 radical (unpaired) electrons. The van der Waals surface area contributed by atoms with Crippen LogP contribution in [0.1, 0.15) is 33.1 Å². The highest BCUT2D eigenvalue weighted by Crippen LogP contribution is 2.11. The van der Waals surface area contributed by atoms with Crippen LogP contribution in [0.15, 0.2) is 4.99 Å². The molecule has 1 aliphatic rings. The van der Waals surface area contributed by atoms with Crippen LogP contribution in [0.2, 0.25) is 0 Å². The van der Waals surface area contributed by atoms with Crippen molar-refractivity contribution in [3.8, 4) is 0 Å². The van der Waals surface area contributed by atoms with Crippen LogP contribution < -0.4 is 10.6 Å². The zero-order chi connectivity index (χ0) is 19.5. The molecule has 8 nitrogen and oxygen atoms in total. The van der Waals surface area contributed by atoms with Crippen LogP contribution in [0.4, 0.5) is 0 Å². The van der Waals surface area contributed by atoms with E-state index in [0.29, 0.717) is 24.9 Å². The highest BCUT2D eigenvalue weighted by Gasteiger charge is 2.23. The lowest BCUT2D eigenvalue weighted by Crippen LogP contribution is -2.50. The molecule has 1 saturated heterocycles. The minimum atomic E-state index is -0.0331. The number of methoxy groups -OCH3 is 1. The van der Waals surface area contributed by atoms with Gasteiger partial charge in [-0.2, -0.15) is 0 Å². The van der Waals surface area contributed by atoms with Crippen molar-refractivity contribution in [1.82, 2.24) is 20.4 Å². The van der Waals surface area contributed by atoms with Gasteiger partial charge in [0, 0.05) is 46.9 Å². The van der Waals surface area contributed by atoms with Crippen LogP contribution in [0, 0.1) is 5.92 Å². The Morgan fingerprint density at radius 2 is 1.92 bits per heavy atom. The van der Waals surface area contributed by atoms with Crippen LogP contribution in [0.3, 0.4) is 0 Å². The standard InChI is InChI=1S/C18H35N5O3/c1-14(2)12-19-18(20-13-17(25)22(3)4)21-15-6-9-23(10-7-15)16(24)8-11-26-5/h14-15H,6-13H2,1-5H3,(H2,19,20,21). The zero-order valence-corrected chi connectivity index (χ0v) is 16.9. The number of rotatable bonds is 8. The van der Waals surface area contributed by atoms with Gasteiger partial charge < -0.3 is 25.2 Å². The highest BCUT2D eigenvalue weighted by molar-refractivity contribution is 5.85.